The number of carbonyl (C=O) groups excluding carboxylic acids is 1. The fourth-order valence-corrected chi connectivity index (χ4v) is 2.67. The molecule has 0 aliphatic carbocycles. The number of hydrogen-bond donors (Lipinski definition) is 2. The molecule has 0 aliphatic rings. The fraction of sp³-hybridized carbons (Fsp3) is 0.562. The first-order chi connectivity index (χ1) is 11.3. The van der Waals surface area contributed by atoms with Crippen LogP contribution in [-0.4, -0.2) is 52.6 Å². The lowest BCUT2D eigenvalue weighted by Gasteiger charge is -2.24. The first-order valence-electron chi connectivity index (χ1n) is 7.93. The number of nitrogens with two attached hydrogens (primary N) is 1. The van der Waals surface area contributed by atoms with Gasteiger partial charge in [0.05, 0.1) is 11.4 Å². The van der Waals surface area contributed by atoms with Crippen LogP contribution < -0.4 is 10.5 Å². The van der Waals surface area contributed by atoms with E-state index in [1.54, 1.807) is 12.1 Å². The minimum absolute atomic E-state index is 0.0336. The molecule has 24 heavy (non-hydrogen) atoms. The van der Waals surface area contributed by atoms with Gasteiger partial charge in [0.2, 0.25) is 15.9 Å². The summed E-state index contributed by atoms with van der Waals surface area (Å²) in [6, 6.07) is 6.33. The summed E-state index contributed by atoms with van der Waals surface area (Å²) in [5.74, 6) is -0.0537. The number of amides is 1. The second kappa shape index (κ2) is 9.73. The van der Waals surface area contributed by atoms with Crippen molar-refractivity contribution in [2.75, 3.05) is 33.4 Å². The largest absolute Gasteiger partial charge is 0.382 e. The molecule has 0 aromatic heterocycles. The summed E-state index contributed by atoms with van der Waals surface area (Å²) in [6.07, 6.45) is 0.786. The van der Waals surface area contributed by atoms with E-state index in [1.807, 2.05) is 25.8 Å². The number of rotatable bonds is 10. The average molecular weight is 357 g/mol. The molecule has 1 atom stereocenters. The van der Waals surface area contributed by atoms with Crippen LogP contribution in [0.1, 0.15) is 31.9 Å². The zero-order valence-electron chi connectivity index (χ0n) is 14.5. The Hall–Kier alpha value is -1.48. The van der Waals surface area contributed by atoms with Crippen molar-refractivity contribution in [3.63, 3.8) is 0 Å². The smallest absolute Gasteiger partial charge is 0.238 e. The van der Waals surface area contributed by atoms with E-state index in [9.17, 15) is 13.2 Å². The lowest BCUT2D eigenvalue weighted by Crippen LogP contribution is -2.37. The Balaban J connectivity index is 2.49. The molecule has 8 heteroatoms. The van der Waals surface area contributed by atoms with Crippen molar-refractivity contribution in [1.29, 1.82) is 0 Å². The third-order valence-corrected chi connectivity index (χ3v) is 4.67. The van der Waals surface area contributed by atoms with E-state index in [0.717, 1.165) is 12.0 Å². The van der Waals surface area contributed by atoms with Crippen molar-refractivity contribution in [2.24, 2.45) is 5.14 Å². The van der Waals surface area contributed by atoms with Crippen molar-refractivity contribution in [2.45, 2.75) is 31.2 Å². The summed E-state index contributed by atoms with van der Waals surface area (Å²) < 4.78 is 27.7. The van der Waals surface area contributed by atoms with E-state index < -0.39 is 10.0 Å². The molecule has 0 aliphatic heterocycles. The SMILES string of the molecule is CCOCCCNC(=O)CN(C)[C@H](C)c1ccc(S(N)(=O)=O)cc1. The Morgan fingerprint density at radius 1 is 1.33 bits per heavy atom. The predicted molar refractivity (Wildman–Crippen MR) is 93.0 cm³/mol. The Morgan fingerprint density at radius 2 is 1.96 bits per heavy atom. The van der Waals surface area contributed by atoms with Crippen LogP contribution in [0.3, 0.4) is 0 Å². The Kier molecular flexibility index (Phi) is 8.34. The zero-order chi connectivity index (χ0) is 18.2. The van der Waals surface area contributed by atoms with Crippen molar-refractivity contribution >= 4 is 15.9 Å². The number of likely N-dealkylation sites (N-methyl/N-ethyl adjacent to an activating group) is 1. The van der Waals surface area contributed by atoms with Crippen LogP contribution in [-0.2, 0) is 19.6 Å². The number of primary sulfonamides is 1. The number of carbonyl (C=O) groups is 1. The van der Waals surface area contributed by atoms with Gasteiger partial charge in [-0.15, -0.1) is 0 Å². The Morgan fingerprint density at radius 3 is 2.50 bits per heavy atom. The van der Waals surface area contributed by atoms with Gasteiger partial charge in [-0.25, -0.2) is 13.6 Å². The standard InChI is InChI=1S/C16H27N3O4S/c1-4-23-11-5-10-18-16(20)12-19(3)13(2)14-6-8-15(9-7-14)24(17,21)22/h6-9,13H,4-5,10-12H2,1-3H3,(H,18,20)(H2,17,21,22)/t13-/m1/s1. The molecule has 1 aromatic carbocycles. The van der Waals surface area contributed by atoms with Crippen LogP contribution in [0.15, 0.2) is 29.2 Å². The molecule has 1 aromatic rings. The number of benzene rings is 1. The maximum absolute atomic E-state index is 11.9. The second-order valence-electron chi connectivity index (χ2n) is 5.61. The minimum atomic E-state index is -3.69. The monoisotopic (exact) mass is 357 g/mol. The molecule has 1 amide bonds. The molecular formula is C16H27N3O4S. The van der Waals surface area contributed by atoms with Crippen LogP contribution >= 0.6 is 0 Å². The van der Waals surface area contributed by atoms with Gasteiger partial charge < -0.3 is 10.1 Å². The maximum Gasteiger partial charge on any atom is 0.238 e. The summed E-state index contributed by atoms with van der Waals surface area (Å²) in [7, 11) is -1.84. The summed E-state index contributed by atoms with van der Waals surface area (Å²) >= 11 is 0. The van der Waals surface area contributed by atoms with E-state index >= 15 is 0 Å². The second-order valence-corrected chi connectivity index (χ2v) is 7.17. The molecular weight excluding hydrogens is 330 g/mol. The summed E-state index contributed by atoms with van der Waals surface area (Å²) in [5, 5.41) is 7.94. The highest BCUT2D eigenvalue weighted by molar-refractivity contribution is 7.89. The fourth-order valence-electron chi connectivity index (χ4n) is 2.16. The number of nitrogens with zero attached hydrogens (tertiary/aromatic N) is 1. The normalized spacial score (nSPS) is 13.0. The summed E-state index contributed by atoms with van der Waals surface area (Å²) in [4.78, 5) is 13.9. The van der Waals surface area contributed by atoms with E-state index in [1.165, 1.54) is 12.1 Å². The van der Waals surface area contributed by atoms with Gasteiger partial charge in [0, 0.05) is 25.8 Å². The molecule has 136 valence electrons. The van der Waals surface area contributed by atoms with Gasteiger partial charge in [0.15, 0.2) is 0 Å². The van der Waals surface area contributed by atoms with Crippen LogP contribution in [0.25, 0.3) is 0 Å². The van der Waals surface area contributed by atoms with Gasteiger partial charge in [0.25, 0.3) is 0 Å². The first-order valence-corrected chi connectivity index (χ1v) is 9.47. The number of sulfonamides is 1. The average Bonchev–Trinajstić information content (AvgIpc) is 2.53. The van der Waals surface area contributed by atoms with E-state index in [2.05, 4.69) is 5.32 Å². The lowest BCUT2D eigenvalue weighted by atomic mass is 10.1. The molecule has 0 unspecified atom stereocenters. The third kappa shape index (κ3) is 6.96. The molecule has 3 N–H and O–H groups in total. The molecule has 0 radical (unpaired) electrons. The van der Waals surface area contributed by atoms with Crippen LogP contribution in [0, 0.1) is 0 Å². The van der Waals surface area contributed by atoms with Gasteiger partial charge in [-0.2, -0.15) is 0 Å². The maximum atomic E-state index is 11.9. The van der Waals surface area contributed by atoms with E-state index in [4.69, 9.17) is 9.88 Å². The summed E-state index contributed by atoms with van der Waals surface area (Å²) in [5.41, 5.74) is 0.911. The Labute approximate surface area is 144 Å². The molecule has 7 nitrogen and oxygen atoms in total. The zero-order valence-corrected chi connectivity index (χ0v) is 15.3. The third-order valence-electron chi connectivity index (χ3n) is 3.74. The number of ether oxygens (including phenoxy) is 1. The highest BCUT2D eigenvalue weighted by Gasteiger charge is 2.16. The topological polar surface area (TPSA) is 102 Å². The van der Waals surface area contributed by atoms with Gasteiger partial charge in [-0.1, -0.05) is 12.1 Å². The molecule has 0 bridgehead atoms. The molecule has 0 fully saturated rings. The summed E-state index contributed by atoms with van der Waals surface area (Å²) in [6.45, 7) is 6.05. The van der Waals surface area contributed by atoms with Crippen molar-refractivity contribution in [3.8, 4) is 0 Å². The highest BCUT2D eigenvalue weighted by atomic mass is 32.2. The molecule has 0 spiro atoms. The number of hydrogen-bond acceptors (Lipinski definition) is 5. The van der Waals surface area contributed by atoms with Gasteiger partial charge >= 0.3 is 0 Å². The minimum Gasteiger partial charge on any atom is -0.382 e. The predicted octanol–water partition coefficient (Wildman–Crippen LogP) is 0.870. The molecule has 1 rings (SSSR count). The van der Waals surface area contributed by atoms with Crippen molar-refractivity contribution in [3.05, 3.63) is 29.8 Å². The first kappa shape index (κ1) is 20.6. The quantitative estimate of drug-likeness (QED) is 0.605. The van der Waals surface area contributed by atoms with Crippen LogP contribution in [0.4, 0.5) is 0 Å². The van der Waals surface area contributed by atoms with Crippen LogP contribution in [0.5, 0.6) is 0 Å². The number of nitrogens with one attached hydrogen (secondary N) is 1. The van der Waals surface area contributed by atoms with Crippen molar-refractivity contribution < 1.29 is 17.9 Å². The Bertz CT molecular complexity index is 617. The van der Waals surface area contributed by atoms with Gasteiger partial charge in [-0.3, -0.25) is 9.69 Å². The molecule has 0 heterocycles. The van der Waals surface area contributed by atoms with Crippen LogP contribution in [0.2, 0.25) is 0 Å². The molecule has 0 saturated heterocycles. The van der Waals surface area contributed by atoms with Gasteiger partial charge in [0.1, 0.15) is 0 Å². The van der Waals surface area contributed by atoms with Crippen molar-refractivity contribution in [1.82, 2.24) is 10.2 Å². The van der Waals surface area contributed by atoms with Gasteiger partial charge in [-0.05, 0) is 45.0 Å². The lowest BCUT2D eigenvalue weighted by molar-refractivity contribution is -0.122. The van der Waals surface area contributed by atoms with E-state index in [-0.39, 0.29) is 23.4 Å². The highest BCUT2D eigenvalue weighted by Crippen LogP contribution is 2.20. The molecule has 0 saturated carbocycles. The van der Waals surface area contributed by atoms with E-state index in [0.29, 0.717) is 19.8 Å².